The first-order chi connectivity index (χ1) is 17.1. The molecule has 0 aliphatic heterocycles. The first-order valence-corrected chi connectivity index (χ1v) is 11.2. The second-order valence-corrected chi connectivity index (χ2v) is 9.54. The Labute approximate surface area is 212 Å². The number of hydrogen-bond acceptors (Lipinski definition) is 7. The normalized spacial score (nSPS) is 11.4. The molecule has 5 N–H and O–H groups in total. The number of carboxylic acid groups (broad SMARTS) is 3. The number of aliphatic hydroxyl groups is 1. The fourth-order valence-corrected chi connectivity index (χ4v) is 2.96. The Morgan fingerprint density at radius 1 is 1.05 bits per heavy atom. The highest BCUT2D eigenvalue weighted by Gasteiger charge is 2.40. The molecule has 0 aliphatic carbocycles. The topological polar surface area (TPSA) is 171 Å². The van der Waals surface area contributed by atoms with Crippen molar-refractivity contribution >= 4 is 17.9 Å². The van der Waals surface area contributed by atoms with Crippen molar-refractivity contribution in [3.05, 3.63) is 47.2 Å². The second-order valence-electron chi connectivity index (χ2n) is 9.54. The molecular formula is C24H33F2N3O8. The van der Waals surface area contributed by atoms with E-state index in [9.17, 15) is 23.2 Å². The molecular weight excluding hydrogens is 496 g/mol. The van der Waals surface area contributed by atoms with E-state index in [2.05, 4.69) is 31.2 Å². The fourth-order valence-electron chi connectivity index (χ4n) is 2.96. The minimum absolute atomic E-state index is 0.0379. The summed E-state index contributed by atoms with van der Waals surface area (Å²) in [5, 5.41) is 41.4. The number of aryl methyl sites for hydroxylation is 1. The Balaban J connectivity index is 0.000000448. The standard InChI is InChI=1S/C18H25F2N3O.C6H8O7/c1-18(2,3)7-8-23-17(10-15(22-23)11-21-4)24-12-13-9-14(19)5-6-16(13)20;7-3(8)1-6(13,5(11)12)2-4(9)10/h5-6,9-10,21H,7-8,11-12H2,1-4H3;13H,1-2H2,(H,7,8)(H,9,10)(H,11,12). The molecule has 37 heavy (non-hydrogen) atoms. The molecule has 0 spiro atoms. The molecule has 2 rings (SSSR count). The summed E-state index contributed by atoms with van der Waals surface area (Å²) >= 11 is 0. The lowest BCUT2D eigenvalue weighted by Gasteiger charge is -2.18. The first-order valence-electron chi connectivity index (χ1n) is 11.2. The van der Waals surface area contributed by atoms with Gasteiger partial charge in [0, 0.05) is 24.7 Å². The first kappa shape index (κ1) is 31.4. The quantitative estimate of drug-likeness (QED) is 0.275. The van der Waals surface area contributed by atoms with E-state index in [0.29, 0.717) is 19.0 Å². The SMILES string of the molecule is CNCc1cc(OCc2cc(F)ccc2F)n(CCC(C)(C)C)n1.O=C(O)CC(O)(CC(=O)O)C(=O)O. The zero-order valence-electron chi connectivity index (χ0n) is 21.1. The van der Waals surface area contributed by atoms with E-state index in [-0.39, 0.29) is 17.6 Å². The molecule has 13 heteroatoms. The molecule has 0 atom stereocenters. The molecule has 1 heterocycles. The molecule has 0 amide bonds. The minimum atomic E-state index is -2.74. The van der Waals surface area contributed by atoms with Gasteiger partial charge in [-0.05, 0) is 37.1 Å². The summed E-state index contributed by atoms with van der Waals surface area (Å²) in [6, 6.07) is 5.19. The Hall–Kier alpha value is -3.58. The van der Waals surface area contributed by atoms with Crippen LogP contribution in [0.4, 0.5) is 8.78 Å². The van der Waals surface area contributed by atoms with Gasteiger partial charge in [0.1, 0.15) is 18.2 Å². The van der Waals surface area contributed by atoms with Gasteiger partial charge in [-0.1, -0.05) is 20.8 Å². The molecule has 0 bridgehead atoms. The van der Waals surface area contributed by atoms with Gasteiger partial charge in [0.25, 0.3) is 0 Å². The predicted octanol–water partition coefficient (Wildman–Crippen LogP) is 2.65. The summed E-state index contributed by atoms with van der Waals surface area (Å²) in [4.78, 5) is 30.5. The van der Waals surface area contributed by atoms with E-state index in [0.717, 1.165) is 30.3 Å². The molecule has 1 aromatic heterocycles. The zero-order valence-corrected chi connectivity index (χ0v) is 21.1. The van der Waals surface area contributed by atoms with Crippen LogP contribution in [0.1, 0.15) is 51.3 Å². The molecule has 0 aliphatic rings. The number of aliphatic carboxylic acids is 3. The van der Waals surface area contributed by atoms with Crippen LogP contribution < -0.4 is 10.1 Å². The summed E-state index contributed by atoms with van der Waals surface area (Å²) in [6.07, 6.45) is -1.36. The average Bonchev–Trinajstić information content (AvgIpc) is 3.13. The lowest BCUT2D eigenvalue weighted by molar-refractivity contribution is -0.170. The highest BCUT2D eigenvalue weighted by atomic mass is 19.1. The van der Waals surface area contributed by atoms with E-state index < -0.39 is 48.0 Å². The van der Waals surface area contributed by atoms with Gasteiger partial charge in [0.15, 0.2) is 5.60 Å². The van der Waals surface area contributed by atoms with Crippen molar-refractivity contribution < 1.29 is 48.3 Å². The van der Waals surface area contributed by atoms with Gasteiger partial charge in [-0.2, -0.15) is 5.10 Å². The van der Waals surface area contributed by atoms with Gasteiger partial charge in [-0.25, -0.2) is 18.3 Å². The number of carboxylic acids is 3. The summed E-state index contributed by atoms with van der Waals surface area (Å²) < 4.78 is 34.5. The van der Waals surface area contributed by atoms with Crippen molar-refractivity contribution in [1.29, 1.82) is 0 Å². The van der Waals surface area contributed by atoms with Gasteiger partial charge < -0.3 is 30.5 Å². The second kappa shape index (κ2) is 13.7. The lowest BCUT2D eigenvalue weighted by Crippen LogP contribution is -2.42. The summed E-state index contributed by atoms with van der Waals surface area (Å²) in [5.41, 5.74) is -1.53. The summed E-state index contributed by atoms with van der Waals surface area (Å²) in [5.74, 6) is -5.41. The van der Waals surface area contributed by atoms with E-state index in [1.165, 1.54) is 0 Å². The molecule has 11 nitrogen and oxygen atoms in total. The number of nitrogens with one attached hydrogen (secondary N) is 1. The minimum Gasteiger partial charge on any atom is -0.481 e. The van der Waals surface area contributed by atoms with Gasteiger partial charge in [0.2, 0.25) is 5.88 Å². The van der Waals surface area contributed by atoms with E-state index >= 15 is 0 Å². The fraction of sp³-hybridized carbons (Fsp3) is 0.500. The lowest BCUT2D eigenvalue weighted by atomic mass is 9.92. The van der Waals surface area contributed by atoms with E-state index in [4.69, 9.17) is 25.2 Å². The maximum Gasteiger partial charge on any atom is 0.336 e. The Morgan fingerprint density at radius 2 is 1.65 bits per heavy atom. The maximum absolute atomic E-state index is 13.7. The van der Waals surface area contributed by atoms with Crippen molar-refractivity contribution in [2.75, 3.05) is 7.05 Å². The number of nitrogens with zero attached hydrogens (tertiary/aromatic N) is 2. The van der Waals surface area contributed by atoms with Crippen molar-refractivity contribution in [2.24, 2.45) is 5.41 Å². The van der Waals surface area contributed by atoms with Crippen molar-refractivity contribution in [3.8, 4) is 5.88 Å². The number of ether oxygens (including phenoxy) is 1. The molecule has 0 fully saturated rings. The molecule has 206 valence electrons. The van der Waals surface area contributed by atoms with Crippen LogP contribution in [-0.2, 0) is 34.1 Å². The Bertz CT molecular complexity index is 1070. The highest BCUT2D eigenvalue weighted by molar-refractivity contribution is 5.88. The monoisotopic (exact) mass is 529 g/mol. The van der Waals surface area contributed by atoms with Crippen molar-refractivity contribution in [3.63, 3.8) is 0 Å². The molecule has 0 unspecified atom stereocenters. The largest absolute Gasteiger partial charge is 0.481 e. The van der Waals surface area contributed by atoms with Gasteiger partial charge >= 0.3 is 17.9 Å². The number of aromatic nitrogens is 2. The van der Waals surface area contributed by atoms with Gasteiger partial charge in [0.05, 0.1) is 18.5 Å². The number of rotatable bonds is 12. The average molecular weight is 530 g/mol. The van der Waals surface area contributed by atoms with Crippen LogP contribution in [0.5, 0.6) is 5.88 Å². The number of hydrogen-bond donors (Lipinski definition) is 5. The van der Waals surface area contributed by atoms with Crippen LogP contribution in [0.2, 0.25) is 0 Å². The van der Waals surface area contributed by atoms with Crippen LogP contribution in [0, 0.1) is 17.0 Å². The number of benzene rings is 1. The zero-order chi connectivity index (χ0) is 28.4. The number of halogens is 2. The highest BCUT2D eigenvalue weighted by Crippen LogP contribution is 2.23. The van der Waals surface area contributed by atoms with E-state index in [1.54, 1.807) is 4.68 Å². The molecule has 2 aromatic rings. The van der Waals surface area contributed by atoms with Crippen LogP contribution in [0.15, 0.2) is 24.3 Å². The van der Waals surface area contributed by atoms with Crippen LogP contribution in [0.25, 0.3) is 0 Å². The molecule has 0 saturated carbocycles. The predicted molar refractivity (Wildman–Crippen MR) is 127 cm³/mol. The van der Waals surface area contributed by atoms with Crippen LogP contribution in [-0.4, -0.2) is 60.8 Å². The smallest absolute Gasteiger partial charge is 0.336 e. The van der Waals surface area contributed by atoms with Crippen molar-refractivity contribution in [1.82, 2.24) is 15.1 Å². The third kappa shape index (κ3) is 11.3. The summed E-state index contributed by atoms with van der Waals surface area (Å²) in [7, 11) is 1.84. The number of carbonyl (C=O) groups is 3. The van der Waals surface area contributed by atoms with Gasteiger partial charge in [-0.3, -0.25) is 9.59 Å². The maximum atomic E-state index is 13.7. The van der Waals surface area contributed by atoms with Crippen molar-refractivity contribution in [2.45, 2.75) is 65.3 Å². The Morgan fingerprint density at radius 3 is 2.14 bits per heavy atom. The van der Waals surface area contributed by atoms with Crippen LogP contribution >= 0.6 is 0 Å². The summed E-state index contributed by atoms with van der Waals surface area (Å²) in [6.45, 7) is 7.76. The van der Waals surface area contributed by atoms with Crippen LogP contribution in [0.3, 0.4) is 0 Å². The van der Waals surface area contributed by atoms with E-state index in [1.807, 2.05) is 13.1 Å². The van der Waals surface area contributed by atoms with Gasteiger partial charge in [-0.15, -0.1) is 0 Å². The molecule has 0 radical (unpaired) electrons. The molecule has 0 saturated heterocycles. The Kier molecular flexibility index (Phi) is 11.6. The third-order valence-corrected chi connectivity index (χ3v) is 4.89. The molecule has 1 aromatic carbocycles. The third-order valence-electron chi connectivity index (χ3n) is 4.89.